The van der Waals surface area contributed by atoms with E-state index in [-0.39, 0.29) is 0 Å². The molecule has 0 spiro atoms. The highest BCUT2D eigenvalue weighted by Crippen LogP contribution is 2.22. The zero-order valence-electron chi connectivity index (χ0n) is 14.6. The molecule has 0 atom stereocenters. The molecule has 0 amide bonds. The molecule has 0 saturated carbocycles. The summed E-state index contributed by atoms with van der Waals surface area (Å²) < 4.78 is 3.07. The van der Waals surface area contributed by atoms with Crippen molar-refractivity contribution < 1.29 is 0 Å². The molecule has 1 saturated heterocycles. The van der Waals surface area contributed by atoms with Gasteiger partial charge in [0.05, 0.1) is 17.2 Å². The molecule has 0 aromatic carbocycles. The van der Waals surface area contributed by atoms with E-state index >= 15 is 0 Å². The van der Waals surface area contributed by atoms with Crippen molar-refractivity contribution in [1.29, 1.82) is 0 Å². The molecule has 4 rings (SSSR count). The minimum Gasteiger partial charge on any atom is -0.360 e. The lowest BCUT2D eigenvalue weighted by atomic mass is 10.3. The van der Waals surface area contributed by atoms with Gasteiger partial charge in [-0.15, -0.1) is 11.3 Å². The van der Waals surface area contributed by atoms with E-state index in [0.717, 1.165) is 48.0 Å². The Morgan fingerprint density at radius 3 is 2.81 bits per heavy atom. The monoisotopic (exact) mass is 432 g/mol. The molecule has 4 heterocycles. The molecule has 6 nitrogen and oxygen atoms in total. The first kappa shape index (κ1) is 17.4. The molecule has 1 aliphatic rings. The first-order chi connectivity index (χ1) is 12.7. The molecule has 3 aromatic heterocycles. The van der Waals surface area contributed by atoms with Crippen LogP contribution in [0.25, 0.3) is 5.65 Å². The number of piperazine rings is 1. The van der Waals surface area contributed by atoms with Gasteiger partial charge in [-0.3, -0.25) is 4.99 Å². The summed E-state index contributed by atoms with van der Waals surface area (Å²) in [4.78, 5) is 13.9. The molecule has 8 heteroatoms. The SMILES string of the molecule is CN=C(NCc1cn2cc(Br)ccc2n1)N1CCN(c2cccs2)CC1. The van der Waals surface area contributed by atoms with E-state index in [1.165, 1.54) is 5.00 Å². The molecular weight excluding hydrogens is 412 g/mol. The maximum Gasteiger partial charge on any atom is 0.194 e. The van der Waals surface area contributed by atoms with Crippen LogP contribution in [0.2, 0.25) is 0 Å². The number of pyridine rings is 1. The van der Waals surface area contributed by atoms with E-state index in [0.29, 0.717) is 6.54 Å². The Kier molecular flexibility index (Phi) is 5.12. The van der Waals surface area contributed by atoms with Crippen molar-refractivity contribution in [1.82, 2.24) is 19.6 Å². The van der Waals surface area contributed by atoms with Crippen molar-refractivity contribution in [3.05, 3.63) is 52.2 Å². The summed E-state index contributed by atoms with van der Waals surface area (Å²) in [6.07, 6.45) is 4.07. The maximum absolute atomic E-state index is 4.65. The summed E-state index contributed by atoms with van der Waals surface area (Å²) in [6, 6.07) is 8.31. The van der Waals surface area contributed by atoms with Crippen molar-refractivity contribution in [2.24, 2.45) is 4.99 Å². The van der Waals surface area contributed by atoms with Crippen LogP contribution in [0.15, 0.2) is 51.5 Å². The number of aromatic nitrogens is 2. The summed E-state index contributed by atoms with van der Waals surface area (Å²) in [5, 5.41) is 6.94. The Bertz CT molecular complexity index is 896. The van der Waals surface area contributed by atoms with Gasteiger partial charge in [-0.05, 0) is 45.6 Å². The Hall–Kier alpha value is -2.06. The molecule has 0 aliphatic carbocycles. The second kappa shape index (κ2) is 7.67. The number of hydrogen-bond donors (Lipinski definition) is 1. The Balaban J connectivity index is 1.36. The number of halogens is 1. The minimum atomic E-state index is 0.664. The maximum atomic E-state index is 4.65. The molecule has 0 radical (unpaired) electrons. The molecule has 0 bridgehead atoms. The number of hydrogen-bond acceptors (Lipinski definition) is 4. The van der Waals surface area contributed by atoms with Crippen molar-refractivity contribution >= 4 is 43.9 Å². The van der Waals surface area contributed by atoms with Crippen molar-refractivity contribution in [2.45, 2.75) is 6.54 Å². The van der Waals surface area contributed by atoms with E-state index in [9.17, 15) is 0 Å². The van der Waals surface area contributed by atoms with Crippen LogP contribution >= 0.6 is 27.3 Å². The lowest BCUT2D eigenvalue weighted by Crippen LogP contribution is -2.52. The number of nitrogens with one attached hydrogen (secondary N) is 1. The third kappa shape index (κ3) is 3.71. The van der Waals surface area contributed by atoms with Gasteiger partial charge in [-0.25, -0.2) is 4.98 Å². The summed E-state index contributed by atoms with van der Waals surface area (Å²) >= 11 is 5.30. The van der Waals surface area contributed by atoms with E-state index in [1.807, 2.05) is 29.8 Å². The normalized spacial score (nSPS) is 15.7. The largest absolute Gasteiger partial charge is 0.360 e. The van der Waals surface area contributed by atoms with Crippen LogP contribution in [0.1, 0.15) is 5.69 Å². The third-order valence-electron chi connectivity index (χ3n) is 4.50. The first-order valence-corrected chi connectivity index (χ1v) is 10.3. The topological polar surface area (TPSA) is 48.2 Å². The first-order valence-electron chi connectivity index (χ1n) is 8.60. The average molecular weight is 433 g/mol. The van der Waals surface area contributed by atoms with Gasteiger partial charge in [-0.1, -0.05) is 0 Å². The quantitative estimate of drug-likeness (QED) is 0.510. The number of nitrogens with zero attached hydrogens (tertiary/aromatic N) is 5. The minimum absolute atomic E-state index is 0.664. The molecule has 1 N–H and O–H groups in total. The molecule has 1 aliphatic heterocycles. The number of rotatable bonds is 3. The highest BCUT2D eigenvalue weighted by Gasteiger charge is 2.20. The van der Waals surface area contributed by atoms with Crippen LogP contribution < -0.4 is 10.2 Å². The van der Waals surface area contributed by atoms with E-state index in [2.05, 4.69) is 64.7 Å². The standard InChI is InChI=1S/C18H21BrN6S/c1-20-18(24-8-6-23(7-9-24)17-3-2-10-26-17)21-11-15-13-25-12-14(19)4-5-16(25)22-15/h2-5,10,12-13H,6-9,11H2,1H3,(H,20,21). The van der Waals surface area contributed by atoms with Crippen LogP contribution in [-0.4, -0.2) is 53.5 Å². The third-order valence-corrected chi connectivity index (χ3v) is 5.90. The lowest BCUT2D eigenvalue weighted by Gasteiger charge is -2.36. The highest BCUT2D eigenvalue weighted by atomic mass is 79.9. The molecule has 136 valence electrons. The van der Waals surface area contributed by atoms with E-state index in [1.54, 1.807) is 11.3 Å². The van der Waals surface area contributed by atoms with E-state index in [4.69, 9.17) is 0 Å². The zero-order valence-corrected chi connectivity index (χ0v) is 17.0. The van der Waals surface area contributed by atoms with Crippen molar-refractivity contribution in [3.63, 3.8) is 0 Å². The van der Waals surface area contributed by atoms with Gasteiger partial charge in [0.25, 0.3) is 0 Å². The number of aliphatic imine (C=N–C) groups is 1. The second-order valence-corrected chi connectivity index (χ2v) is 8.01. The Morgan fingerprint density at radius 2 is 2.08 bits per heavy atom. The fourth-order valence-electron chi connectivity index (χ4n) is 3.19. The fourth-order valence-corrected chi connectivity index (χ4v) is 4.33. The van der Waals surface area contributed by atoms with Crippen LogP contribution in [-0.2, 0) is 6.54 Å². The highest BCUT2D eigenvalue weighted by molar-refractivity contribution is 9.10. The predicted molar refractivity (Wildman–Crippen MR) is 111 cm³/mol. The summed E-state index contributed by atoms with van der Waals surface area (Å²) in [7, 11) is 1.84. The van der Waals surface area contributed by atoms with Gasteiger partial charge in [0.2, 0.25) is 0 Å². The van der Waals surface area contributed by atoms with Crippen LogP contribution in [0.3, 0.4) is 0 Å². The summed E-state index contributed by atoms with van der Waals surface area (Å²) in [5.41, 5.74) is 1.95. The van der Waals surface area contributed by atoms with Gasteiger partial charge in [0.1, 0.15) is 5.65 Å². The Labute approximate surface area is 165 Å². The summed E-state index contributed by atoms with van der Waals surface area (Å²) in [6.45, 7) is 4.63. The molecule has 26 heavy (non-hydrogen) atoms. The average Bonchev–Trinajstić information content (AvgIpc) is 3.32. The van der Waals surface area contributed by atoms with Crippen LogP contribution in [0.5, 0.6) is 0 Å². The van der Waals surface area contributed by atoms with E-state index < -0.39 is 0 Å². The number of fused-ring (bicyclic) bond motifs is 1. The molecule has 3 aromatic rings. The van der Waals surface area contributed by atoms with Crippen LogP contribution in [0, 0.1) is 0 Å². The van der Waals surface area contributed by atoms with Gasteiger partial charge >= 0.3 is 0 Å². The van der Waals surface area contributed by atoms with Crippen molar-refractivity contribution in [3.8, 4) is 0 Å². The number of imidazole rings is 1. The molecule has 0 unspecified atom stereocenters. The molecular formula is C18H21BrN6S. The predicted octanol–water partition coefficient (Wildman–Crippen LogP) is 3.06. The smallest absolute Gasteiger partial charge is 0.194 e. The number of thiophene rings is 1. The van der Waals surface area contributed by atoms with Crippen molar-refractivity contribution in [2.75, 3.05) is 38.1 Å². The Morgan fingerprint density at radius 1 is 1.23 bits per heavy atom. The van der Waals surface area contributed by atoms with Gasteiger partial charge < -0.3 is 19.5 Å². The number of anilines is 1. The van der Waals surface area contributed by atoms with Gasteiger partial charge in [0, 0.05) is 50.1 Å². The zero-order chi connectivity index (χ0) is 17.9. The number of guanidine groups is 1. The second-order valence-electron chi connectivity index (χ2n) is 6.17. The lowest BCUT2D eigenvalue weighted by molar-refractivity contribution is 0.373. The molecule has 1 fully saturated rings. The van der Waals surface area contributed by atoms with Gasteiger partial charge in [0.15, 0.2) is 5.96 Å². The summed E-state index contributed by atoms with van der Waals surface area (Å²) in [5.74, 6) is 0.939. The fraction of sp³-hybridized carbons (Fsp3) is 0.333. The van der Waals surface area contributed by atoms with Crippen LogP contribution in [0.4, 0.5) is 5.00 Å². The van der Waals surface area contributed by atoms with Gasteiger partial charge in [-0.2, -0.15) is 0 Å².